The van der Waals surface area contributed by atoms with Gasteiger partial charge in [-0.15, -0.1) is 10.2 Å². The molecule has 2 heterocycles. The van der Waals surface area contributed by atoms with Crippen molar-refractivity contribution in [3.63, 3.8) is 0 Å². The van der Waals surface area contributed by atoms with Crippen LogP contribution in [0.2, 0.25) is 0 Å². The molecule has 0 bridgehead atoms. The number of nitrogens with zero attached hydrogens (tertiary/aromatic N) is 4. The van der Waals surface area contributed by atoms with Crippen LogP contribution in [0.1, 0.15) is 33.9 Å². The number of aromatic nitrogens is 2. The first-order valence-electron chi connectivity index (χ1n) is 14.2. The van der Waals surface area contributed by atoms with Crippen molar-refractivity contribution in [2.24, 2.45) is 0 Å². The molecule has 13 heteroatoms. The predicted molar refractivity (Wildman–Crippen MR) is 176 cm³/mol. The quantitative estimate of drug-likeness (QED) is 0.0307. The Labute approximate surface area is 276 Å². The van der Waals surface area contributed by atoms with Crippen molar-refractivity contribution in [1.82, 2.24) is 10.2 Å². The van der Waals surface area contributed by atoms with Gasteiger partial charge in [-0.1, -0.05) is 71.1 Å². The molecule has 1 N–H and O–H groups in total. The summed E-state index contributed by atoms with van der Waals surface area (Å²) in [6.07, 6.45) is 0. The van der Waals surface area contributed by atoms with Crippen LogP contribution in [0.15, 0.2) is 107 Å². The highest BCUT2D eigenvalue weighted by Gasteiger charge is 2.48. The van der Waals surface area contributed by atoms with Crippen LogP contribution in [0.4, 0.5) is 15.2 Å². The summed E-state index contributed by atoms with van der Waals surface area (Å²) in [7, 11) is 0. The van der Waals surface area contributed by atoms with E-state index in [-0.39, 0.29) is 33.5 Å². The Kier molecular flexibility index (Phi) is 9.09. The van der Waals surface area contributed by atoms with Gasteiger partial charge in [0.05, 0.1) is 16.5 Å². The smallest absolute Gasteiger partial charge is 0.301 e. The van der Waals surface area contributed by atoms with Gasteiger partial charge < -0.3 is 9.84 Å². The van der Waals surface area contributed by atoms with E-state index in [4.69, 9.17) is 4.74 Å². The third-order valence-corrected chi connectivity index (χ3v) is 9.50. The number of benzene rings is 4. The summed E-state index contributed by atoms with van der Waals surface area (Å²) in [5, 5.41) is 31.2. The van der Waals surface area contributed by atoms with Crippen molar-refractivity contribution in [2.45, 2.75) is 29.7 Å². The number of anilines is 1. The second-order valence-corrected chi connectivity index (χ2v) is 12.7. The Hall–Kier alpha value is -5.40. The van der Waals surface area contributed by atoms with Crippen LogP contribution in [-0.4, -0.2) is 31.9 Å². The molecular formula is C34H25FN4O6S2. The summed E-state index contributed by atoms with van der Waals surface area (Å²) in [6.45, 7) is 2.33. The molecule has 10 nitrogen and oxygen atoms in total. The van der Waals surface area contributed by atoms with Crippen LogP contribution < -0.4 is 9.64 Å². The number of Topliss-reactive ketones (excluding diaryl/α,β-unsaturated/α-hetero) is 1. The zero-order valence-electron chi connectivity index (χ0n) is 24.7. The predicted octanol–water partition coefficient (Wildman–Crippen LogP) is 7.39. The lowest BCUT2D eigenvalue weighted by Gasteiger charge is -2.22. The van der Waals surface area contributed by atoms with Gasteiger partial charge in [0.25, 0.3) is 11.5 Å². The van der Waals surface area contributed by atoms with Gasteiger partial charge in [-0.25, -0.2) is 4.39 Å². The zero-order chi connectivity index (χ0) is 33.1. The number of hydrogen-bond donors (Lipinski definition) is 1. The van der Waals surface area contributed by atoms with Gasteiger partial charge in [0, 0.05) is 23.4 Å². The van der Waals surface area contributed by atoms with E-state index in [1.54, 1.807) is 42.5 Å². The Morgan fingerprint density at radius 3 is 2.47 bits per heavy atom. The fourth-order valence-corrected chi connectivity index (χ4v) is 6.92. The SMILES string of the molecule is Cc1cccc(COc2ccc(/C(O)=C3\C(=O)C(=O)N(c4nnc(SCc5ccccc5F)s4)C3c3ccc([N+](=O)[O-])cc3)cc2)c1. The molecule has 0 saturated carbocycles. The molecule has 47 heavy (non-hydrogen) atoms. The first-order chi connectivity index (χ1) is 22.7. The average molecular weight is 669 g/mol. The highest BCUT2D eigenvalue weighted by atomic mass is 32.2. The number of ether oxygens (including phenoxy) is 1. The molecule has 1 aromatic heterocycles. The van der Waals surface area contributed by atoms with Gasteiger partial charge in [-0.05, 0) is 66.1 Å². The van der Waals surface area contributed by atoms with E-state index >= 15 is 0 Å². The molecule has 1 unspecified atom stereocenters. The molecule has 1 aliphatic heterocycles. The number of halogens is 1. The lowest BCUT2D eigenvalue weighted by Crippen LogP contribution is -2.29. The van der Waals surface area contributed by atoms with Crippen LogP contribution in [0.3, 0.4) is 0 Å². The van der Waals surface area contributed by atoms with Crippen LogP contribution in [0.25, 0.3) is 5.76 Å². The highest BCUT2D eigenvalue weighted by molar-refractivity contribution is 8.00. The molecule has 236 valence electrons. The Bertz CT molecular complexity index is 2010. The van der Waals surface area contributed by atoms with Gasteiger partial charge in [0.2, 0.25) is 5.13 Å². The number of thioether (sulfide) groups is 1. The first-order valence-corrected chi connectivity index (χ1v) is 16.0. The number of ketones is 1. The summed E-state index contributed by atoms with van der Waals surface area (Å²) in [6, 6.07) is 24.9. The normalized spacial score (nSPS) is 15.6. The standard InChI is InChI=1S/C34H25FN4O6S2/c1-20-5-4-6-21(17-20)18-45-26-15-11-23(12-16-26)30(40)28-29(22-9-13-25(14-10-22)39(43)44)38(32(42)31(28)41)33-36-37-34(47-33)46-19-24-7-2-3-8-27(24)35/h2-17,29,40H,18-19H2,1H3/b30-28+. The number of non-ortho nitro benzene ring substituents is 1. The fourth-order valence-electron chi connectivity index (χ4n) is 5.07. The van der Waals surface area contributed by atoms with Gasteiger partial charge >= 0.3 is 5.91 Å². The zero-order valence-corrected chi connectivity index (χ0v) is 26.3. The van der Waals surface area contributed by atoms with Crippen molar-refractivity contribution in [3.8, 4) is 5.75 Å². The van der Waals surface area contributed by atoms with E-state index in [1.807, 2.05) is 31.2 Å². The number of amides is 1. The topological polar surface area (TPSA) is 136 Å². The van der Waals surface area contributed by atoms with E-state index in [9.17, 15) is 29.2 Å². The maximum atomic E-state index is 14.1. The van der Waals surface area contributed by atoms with E-state index in [0.717, 1.165) is 27.4 Å². The molecule has 0 spiro atoms. The van der Waals surface area contributed by atoms with E-state index in [0.29, 0.717) is 27.8 Å². The fraction of sp³-hybridized carbons (Fsp3) is 0.118. The van der Waals surface area contributed by atoms with Crippen molar-refractivity contribution in [2.75, 3.05) is 4.90 Å². The van der Waals surface area contributed by atoms with Crippen LogP contribution in [0.5, 0.6) is 5.75 Å². The molecular weight excluding hydrogens is 644 g/mol. The summed E-state index contributed by atoms with van der Waals surface area (Å²) < 4.78 is 20.4. The molecule has 1 atom stereocenters. The van der Waals surface area contributed by atoms with E-state index in [1.165, 1.54) is 42.1 Å². The highest BCUT2D eigenvalue weighted by Crippen LogP contribution is 2.44. The first kappa shape index (κ1) is 31.6. The van der Waals surface area contributed by atoms with E-state index < -0.39 is 28.4 Å². The van der Waals surface area contributed by atoms with Crippen LogP contribution >= 0.6 is 23.1 Å². The number of rotatable bonds is 10. The molecule has 1 fully saturated rings. The summed E-state index contributed by atoms with van der Waals surface area (Å²) in [4.78, 5) is 39.0. The van der Waals surface area contributed by atoms with E-state index in [2.05, 4.69) is 10.2 Å². The second-order valence-electron chi connectivity index (χ2n) is 10.6. The van der Waals surface area contributed by atoms with Crippen molar-refractivity contribution in [1.29, 1.82) is 0 Å². The summed E-state index contributed by atoms with van der Waals surface area (Å²) in [5.74, 6) is -1.91. The third kappa shape index (κ3) is 6.76. The van der Waals surface area contributed by atoms with Crippen LogP contribution in [0, 0.1) is 22.9 Å². The summed E-state index contributed by atoms with van der Waals surface area (Å²) >= 11 is 2.24. The number of hydrogen-bond acceptors (Lipinski definition) is 10. The average Bonchev–Trinajstić information content (AvgIpc) is 3.65. The van der Waals surface area contributed by atoms with Gasteiger partial charge in [-0.3, -0.25) is 24.6 Å². The largest absolute Gasteiger partial charge is 0.507 e. The lowest BCUT2D eigenvalue weighted by atomic mass is 9.95. The lowest BCUT2D eigenvalue weighted by molar-refractivity contribution is -0.384. The van der Waals surface area contributed by atoms with Crippen LogP contribution in [-0.2, 0) is 21.9 Å². The number of aliphatic hydroxyl groups is 1. The molecule has 1 aliphatic rings. The number of aryl methyl sites for hydroxylation is 1. The minimum absolute atomic E-state index is 0.0745. The minimum atomic E-state index is -1.16. The maximum Gasteiger partial charge on any atom is 0.301 e. The Morgan fingerprint density at radius 2 is 1.77 bits per heavy atom. The van der Waals surface area contributed by atoms with Gasteiger partial charge in [-0.2, -0.15) is 0 Å². The number of carbonyl (C=O) groups is 2. The Morgan fingerprint density at radius 1 is 1.02 bits per heavy atom. The van der Waals surface area contributed by atoms with Gasteiger partial charge in [0.1, 0.15) is 23.9 Å². The number of nitro groups is 1. The number of nitro benzene ring substituents is 1. The molecule has 1 amide bonds. The van der Waals surface area contributed by atoms with Crippen molar-refractivity contribution < 1.29 is 28.7 Å². The third-order valence-electron chi connectivity index (χ3n) is 7.39. The van der Waals surface area contributed by atoms with Crippen molar-refractivity contribution >= 4 is 51.4 Å². The minimum Gasteiger partial charge on any atom is -0.507 e. The van der Waals surface area contributed by atoms with Crippen molar-refractivity contribution in [3.05, 3.63) is 146 Å². The molecule has 6 rings (SSSR count). The monoisotopic (exact) mass is 668 g/mol. The second kappa shape index (κ2) is 13.5. The molecule has 0 aliphatic carbocycles. The molecule has 4 aromatic carbocycles. The summed E-state index contributed by atoms with van der Waals surface area (Å²) in [5.41, 5.74) is 2.76. The van der Waals surface area contributed by atoms with Gasteiger partial charge in [0.15, 0.2) is 4.34 Å². The molecule has 5 aromatic rings. The molecule has 0 radical (unpaired) electrons. The number of carbonyl (C=O) groups excluding carboxylic acids is 2. The number of aliphatic hydroxyl groups excluding tert-OH is 1. The molecule has 1 saturated heterocycles. The Balaban J connectivity index is 1.32. The maximum absolute atomic E-state index is 14.1.